The van der Waals surface area contributed by atoms with E-state index in [1.807, 2.05) is 0 Å². The summed E-state index contributed by atoms with van der Waals surface area (Å²) in [5, 5.41) is 12.6. The van der Waals surface area contributed by atoms with Crippen molar-refractivity contribution in [2.24, 2.45) is 0 Å². The van der Waals surface area contributed by atoms with E-state index in [2.05, 4.69) is 25.5 Å². The molecule has 0 fully saturated rings. The van der Waals surface area contributed by atoms with E-state index in [1.165, 1.54) is 11.3 Å². The van der Waals surface area contributed by atoms with Gasteiger partial charge < -0.3 is 5.11 Å². The van der Waals surface area contributed by atoms with Crippen molar-refractivity contribution in [1.82, 2.24) is 9.59 Å². The van der Waals surface area contributed by atoms with Crippen LogP contribution in [0, 0.1) is 0 Å². The van der Waals surface area contributed by atoms with Gasteiger partial charge in [-0.2, -0.15) is 0 Å². The SMILES string of the molecule is O=C(O)c1c(Br)sc2nnsc12. The quantitative estimate of drug-likeness (QED) is 0.858. The molecule has 2 heterocycles. The first-order chi connectivity index (χ1) is 5.70. The number of thiophene rings is 1. The molecule has 0 spiro atoms. The Kier molecular flexibility index (Phi) is 1.85. The van der Waals surface area contributed by atoms with E-state index in [-0.39, 0.29) is 5.56 Å². The van der Waals surface area contributed by atoms with Gasteiger partial charge in [-0.3, -0.25) is 0 Å². The molecule has 62 valence electrons. The van der Waals surface area contributed by atoms with Crippen LogP contribution in [0.5, 0.6) is 0 Å². The Balaban J connectivity index is 2.84. The van der Waals surface area contributed by atoms with Crippen molar-refractivity contribution >= 4 is 54.3 Å². The highest BCUT2D eigenvalue weighted by Crippen LogP contribution is 2.35. The first-order valence-corrected chi connectivity index (χ1v) is 5.22. The van der Waals surface area contributed by atoms with Gasteiger partial charge in [-0.05, 0) is 27.5 Å². The molecule has 0 saturated heterocycles. The highest BCUT2D eigenvalue weighted by Gasteiger charge is 2.19. The standard InChI is InChI=1S/C5HBrN2O2S2/c6-3-1(5(9)10)2-4(11-3)7-8-12-2/h(H,9,10). The first-order valence-electron chi connectivity index (χ1n) is 2.84. The fourth-order valence-corrected chi connectivity index (χ4v) is 3.46. The molecule has 0 amide bonds. The van der Waals surface area contributed by atoms with Crippen molar-refractivity contribution in [3.63, 3.8) is 0 Å². The zero-order chi connectivity index (χ0) is 8.72. The van der Waals surface area contributed by atoms with E-state index in [1.54, 1.807) is 0 Å². The first kappa shape index (κ1) is 8.09. The smallest absolute Gasteiger partial charge is 0.339 e. The molecule has 1 N–H and O–H groups in total. The molecule has 0 aromatic carbocycles. The molecule has 0 atom stereocenters. The molecule has 2 aromatic heterocycles. The Labute approximate surface area is 83.1 Å². The number of aromatic carboxylic acids is 1. The minimum atomic E-state index is -0.945. The van der Waals surface area contributed by atoms with Crippen molar-refractivity contribution in [2.45, 2.75) is 0 Å². The van der Waals surface area contributed by atoms with Crippen molar-refractivity contribution in [3.05, 3.63) is 9.35 Å². The van der Waals surface area contributed by atoms with Gasteiger partial charge in [0.1, 0.15) is 10.3 Å². The summed E-state index contributed by atoms with van der Waals surface area (Å²) >= 11 is 5.55. The number of carboxylic acid groups (broad SMARTS) is 1. The van der Waals surface area contributed by atoms with Gasteiger partial charge in [0.2, 0.25) is 0 Å². The number of halogens is 1. The number of carbonyl (C=O) groups is 1. The third-order valence-corrected chi connectivity index (χ3v) is 3.90. The topological polar surface area (TPSA) is 63.1 Å². The number of hydrogen-bond donors (Lipinski definition) is 1. The Morgan fingerprint density at radius 3 is 3.00 bits per heavy atom. The van der Waals surface area contributed by atoms with Gasteiger partial charge in [-0.25, -0.2) is 4.79 Å². The van der Waals surface area contributed by atoms with Crippen LogP contribution in [0.1, 0.15) is 10.4 Å². The molecule has 0 saturated carbocycles. The van der Waals surface area contributed by atoms with Crippen LogP contribution in [0.25, 0.3) is 9.53 Å². The van der Waals surface area contributed by atoms with E-state index in [9.17, 15) is 4.79 Å². The monoisotopic (exact) mass is 264 g/mol. The van der Waals surface area contributed by atoms with Gasteiger partial charge in [0, 0.05) is 0 Å². The van der Waals surface area contributed by atoms with E-state index in [0.717, 1.165) is 11.5 Å². The van der Waals surface area contributed by atoms with E-state index in [4.69, 9.17) is 5.11 Å². The largest absolute Gasteiger partial charge is 0.478 e. The van der Waals surface area contributed by atoms with Crippen LogP contribution in [-0.4, -0.2) is 20.7 Å². The molecule has 0 aliphatic carbocycles. The molecule has 2 rings (SSSR count). The molecule has 7 heteroatoms. The zero-order valence-electron chi connectivity index (χ0n) is 5.44. The lowest BCUT2D eigenvalue weighted by molar-refractivity contribution is 0.0699. The fourth-order valence-electron chi connectivity index (χ4n) is 0.808. The maximum Gasteiger partial charge on any atom is 0.339 e. The molecule has 0 aliphatic rings. The number of aromatic nitrogens is 2. The highest BCUT2D eigenvalue weighted by atomic mass is 79.9. The second-order valence-electron chi connectivity index (χ2n) is 1.96. The second kappa shape index (κ2) is 2.75. The summed E-state index contributed by atoms with van der Waals surface area (Å²) in [5.74, 6) is -0.945. The molecular weight excluding hydrogens is 264 g/mol. The third-order valence-electron chi connectivity index (χ3n) is 1.28. The molecule has 0 radical (unpaired) electrons. The molecule has 0 unspecified atom stereocenters. The average Bonchev–Trinajstić information content (AvgIpc) is 2.44. The lowest BCUT2D eigenvalue weighted by Gasteiger charge is -1.86. The van der Waals surface area contributed by atoms with E-state index >= 15 is 0 Å². The van der Waals surface area contributed by atoms with Crippen LogP contribution in [-0.2, 0) is 0 Å². The van der Waals surface area contributed by atoms with Crippen LogP contribution in [0.2, 0.25) is 0 Å². The van der Waals surface area contributed by atoms with Gasteiger partial charge in [-0.1, -0.05) is 4.49 Å². The molecule has 4 nitrogen and oxygen atoms in total. The molecule has 12 heavy (non-hydrogen) atoms. The van der Waals surface area contributed by atoms with Gasteiger partial charge in [0.05, 0.1) is 3.79 Å². The number of fused-ring (bicyclic) bond motifs is 1. The van der Waals surface area contributed by atoms with Crippen LogP contribution in [0.4, 0.5) is 0 Å². The van der Waals surface area contributed by atoms with Crippen LogP contribution in [0.15, 0.2) is 3.79 Å². The average molecular weight is 265 g/mol. The molecule has 0 aliphatic heterocycles. The number of nitrogens with zero attached hydrogens (tertiary/aromatic N) is 2. The minimum absolute atomic E-state index is 0.269. The maximum atomic E-state index is 10.7. The van der Waals surface area contributed by atoms with Crippen LogP contribution < -0.4 is 0 Å². The van der Waals surface area contributed by atoms with E-state index in [0.29, 0.717) is 13.3 Å². The predicted molar refractivity (Wildman–Crippen MR) is 50.0 cm³/mol. The molecule has 0 bridgehead atoms. The Bertz CT molecular complexity index is 449. The zero-order valence-corrected chi connectivity index (χ0v) is 8.66. The summed E-state index contributed by atoms with van der Waals surface area (Å²) in [6.07, 6.45) is 0. The van der Waals surface area contributed by atoms with Crippen LogP contribution >= 0.6 is 38.8 Å². The predicted octanol–water partition coefficient (Wildman–Crippen LogP) is 2.21. The summed E-state index contributed by atoms with van der Waals surface area (Å²) in [5.41, 5.74) is 0.269. The summed E-state index contributed by atoms with van der Waals surface area (Å²) < 4.78 is 4.90. The van der Waals surface area contributed by atoms with Gasteiger partial charge in [0.25, 0.3) is 0 Å². The minimum Gasteiger partial charge on any atom is -0.478 e. The summed E-state index contributed by atoms with van der Waals surface area (Å²) in [6, 6.07) is 0. The summed E-state index contributed by atoms with van der Waals surface area (Å²) in [4.78, 5) is 11.4. The van der Waals surface area contributed by atoms with E-state index < -0.39 is 5.97 Å². The van der Waals surface area contributed by atoms with Crippen molar-refractivity contribution in [2.75, 3.05) is 0 Å². The highest BCUT2D eigenvalue weighted by molar-refractivity contribution is 9.11. The van der Waals surface area contributed by atoms with Gasteiger partial charge in [0.15, 0.2) is 4.83 Å². The summed E-state index contributed by atoms with van der Waals surface area (Å²) in [7, 11) is 0. The number of carboxylic acids is 1. The van der Waals surface area contributed by atoms with Gasteiger partial charge in [-0.15, -0.1) is 16.4 Å². The number of hydrogen-bond acceptors (Lipinski definition) is 5. The Morgan fingerprint density at radius 1 is 1.58 bits per heavy atom. The number of rotatable bonds is 1. The van der Waals surface area contributed by atoms with Crippen molar-refractivity contribution in [1.29, 1.82) is 0 Å². The van der Waals surface area contributed by atoms with Crippen molar-refractivity contribution in [3.8, 4) is 0 Å². The van der Waals surface area contributed by atoms with Gasteiger partial charge >= 0.3 is 5.97 Å². The lowest BCUT2D eigenvalue weighted by atomic mass is 10.3. The van der Waals surface area contributed by atoms with Crippen molar-refractivity contribution < 1.29 is 9.90 Å². The lowest BCUT2D eigenvalue weighted by Crippen LogP contribution is -1.93. The Hall–Kier alpha value is -0.530. The third kappa shape index (κ3) is 1.05. The molecular formula is C5HBrN2O2S2. The second-order valence-corrected chi connectivity index (χ2v) is 5.03. The van der Waals surface area contributed by atoms with Crippen LogP contribution in [0.3, 0.4) is 0 Å². The molecule has 2 aromatic rings. The fraction of sp³-hybridized carbons (Fsp3) is 0. The maximum absolute atomic E-state index is 10.7. The Morgan fingerprint density at radius 2 is 2.33 bits per heavy atom. The normalized spacial score (nSPS) is 10.8. The summed E-state index contributed by atoms with van der Waals surface area (Å²) in [6.45, 7) is 0.